The van der Waals surface area contributed by atoms with Crippen LogP contribution in [-0.4, -0.2) is 22.8 Å². The Labute approximate surface area is 191 Å². The number of carbonyl (C=O) groups excluding carboxylic acids is 2. The normalized spacial score (nSPS) is 11.8. The Balaban J connectivity index is 1.87. The van der Waals surface area contributed by atoms with E-state index >= 15 is 0 Å². The van der Waals surface area contributed by atoms with Crippen LogP contribution in [0, 0.1) is 12.8 Å². The molecule has 3 rings (SSSR count). The smallest absolute Gasteiger partial charge is 0.243 e. The molecule has 0 radical (unpaired) electrons. The Kier molecular flexibility index (Phi) is 8.20. The molecule has 0 heterocycles. The van der Waals surface area contributed by atoms with Gasteiger partial charge in [0, 0.05) is 25.4 Å². The van der Waals surface area contributed by atoms with Crippen LogP contribution in [-0.2, 0) is 29.1 Å². The van der Waals surface area contributed by atoms with Gasteiger partial charge in [0.25, 0.3) is 0 Å². The summed E-state index contributed by atoms with van der Waals surface area (Å²) in [7, 11) is 0. The molecule has 166 valence electrons. The summed E-state index contributed by atoms with van der Waals surface area (Å²) in [6.07, 6.45) is 0.464. The molecule has 0 aromatic heterocycles. The maximum absolute atomic E-state index is 13.4. The van der Waals surface area contributed by atoms with Crippen LogP contribution in [0.1, 0.15) is 36.1 Å². The molecule has 1 N–H and O–H groups in total. The fourth-order valence-electron chi connectivity index (χ4n) is 3.65. The van der Waals surface area contributed by atoms with Gasteiger partial charge in [0.1, 0.15) is 6.04 Å². The van der Waals surface area contributed by atoms with E-state index in [9.17, 15) is 9.59 Å². The van der Waals surface area contributed by atoms with Gasteiger partial charge in [0.05, 0.1) is 0 Å². The number of hydrogen-bond donors (Lipinski definition) is 1. The molecule has 0 fully saturated rings. The highest BCUT2D eigenvalue weighted by atomic mass is 16.2. The summed E-state index contributed by atoms with van der Waals surface area (Å²) < 4.78 is 0. The zero-order valence-electron chi connectivity index (χ0n) is 19.1. The summed E-state index contributed by atoms with van der Waals surface area (Å²) in [5.41, 5.74) is 4.24. The van der Waals surface area contributed by atoms with Crippen molar-refractivity contribution in [1.29, 1.82) is 0 Å². The molecule has 0 aliphatic carbocycles. The fraction of sp³-hybridized carbons (Fsp3) is 0.286. The molecule has 0 unspecified atom stereocenters. The number of hydrogen-bond acceptors (Lipinski definition) is 2. The third-order valence-electron chi connectivity index (χ3n) is 5.51. The predicted molar refractivity (Wildman–Crippen MR) is 129 cm³/mol. The van der Waals surface area contributed by atoms with E-state index in [4.69, 9.17) is 0 Å². The van der Waals surface area contributed by atoms with Crippen molar-refractivity contribution in [2.45, 2.75) is 46.3 Å². The lowest BCUT2D eigenvalue weighted by Crippen LogP contribution is -2.51. The first-order valence-electron chi connectivity index (χ1n) is 11.2. The molecule has 0 aliphatic rings. The molecule has 0 bridgehead atoms. The average Bonchev–Trinajstić information content (AvgIpc) is 2.81. The lowest BCUT2D eigenvalue weighted by Gasteiger charge is -2.32. The van der Waals surface area contributed by atoms with Crippen molar-refractivity contribution in [2.75, 3.05) is 0 Å². The van der Waals surface area contributed by atoms with E-state index in [0.717, 1.165) is 16.7 Å². The third kappa shape index (κ3) is 6.55. The third-order valence-corrected chi connectivity index (χ3v) is 5.51. The van der Waals surface area contributed by atoms with Gasteiger partial charge in [0.2, 0.25) is 11.8 Å². The van der Waals surface area contributed by atoms with Crippen molar-refractivity contribution >= 4 is 11.8 Å². The zero-order chi connectivity index (χ0) is 22.9. The minimum atomic E-state index is -0.599. The highest BCUT2D eigenvalue weighted by molar-refractivity contribution is 5.88. The standard InChI is InChI=1S/C28H32N2O2/c1-21(2)28(32)30(20-25-12-8-5-9-13-25)26(18-23-10-6-4-7-11-23)27(31)29-19-24-16-14-22(3)15-17-24/h4-17,21,26H,18-20H2,1-3H3,(H,29,31)/t26-/m1/s1. The molecule has 0 saturated carbocycles. The predicted octanol–water partition coefficient (Wildman–Crippen LogP) is 4.91. The monoisotopic (exact) mass is 428 g/mol. The molecule has 2 amide bonds. The van der Waals surface area contributed by atoms with Crippen molar-refractivity contribution in [2.24, 2.45) is 5.92 Å². The number of rotatable bonds is 9. The fourth-order valence-corrected chi connectivity index (χ4v) is 3.65. The zero-order valence-corrected chi connectivity index (χ0v) is 19.1. The van der Waals surface area contributed by atoms with E-state index in [1.807, 2.05) is 106 Å². The van der Waals surface area contributed by atoms with Crippen LogP contribution in [0.25, 0.3) is 0 Å². The number of benzene rings is 3. The van der Waals surface area contributed by atoms with Gasteiger partial charge in [-0.1, -0.05) is 104 Å². The highest BCUT2D eigenvalue weighted by Crippen LogP contribution is 2.17. The van der Waals surface area contributed by atoms with Crippen molar-refractivity contribution in [3.63, 3.8) is 0 Å². The largest absolute Gasteiger partial charge is 0.350 e. The summed E-state index contributed by atoms with van der Waals surface area (Å²) in [4.78, 5) is 28.4. The highest BCUT2D eigenvalue weighted by Gasteiger charge is 2.31. The van der Waals surface area contributed by atoms with Crippen molar-refractivity contribution in [3.05, 3.63) is 107 Å². The van der Waals surface area contributed by atoms with Gasteiger partial charge < -0.3 is 10.2 Å². The first-order valence-corrected chi connectivity index (χ1v) is 11.2. The van der Waals surface area contributed by atoms with Gasteiger partial charge in [0.15, 0.2) is 0 Å². The van der Waals surface area contributed by atoms with Crippen LogP contribution in [0.3, 0.4) is 0 Å². The Morgan fingerprint density at radius 1 is 0.781 bits per heavy atom. The van der Waals surface area contributed by atoms with E-state index in [1.165, 1.54) is 5.56 Å². The first kappa shape index (κ1) is 23.3. The molecular weight excluding hydrogens is 396 g/mol. The van der Waals surface area contributed by atoms with Gasteiger partial charge in [-0.25, -0.2) is 0 Å². The molecular formula is C28H32N2O2. The van der Waals surface area contributed by atoms with Gasteiger partial charge in [-0.05, 0) is 23.6 Å². The summed E-state index contributed by atoms with van der Waals surface area (Å²) >= 11 is 0. The molecule has 3 aromatic rings. The van der Waals surface area contributed by atoms with E-state index in [1.54, 1.807) is 4.90 Å². The maximum atomic E-state index is 13.4. The Hall–Kier alpha value is -3.40. The van der Waals surface area contributed by atoms with Gasteiger partial charge in [-0.2, -0.15) is 0 Å². The lowest BCUT2D eigenvalue weighted by molar-refractivity contribution is -0.143. The van der Waals surface area contributed by atoms with Crippen LogP contribution >= 0.6 is 0 Å². The number of aryl methyl sites for hydroxylation is 1. The van der Waals surface area contributed by atoms with Crippen LogP contribution in [0.2, 0.25) is 0 Å². The van der Waals surface area contributed by atoms with Gasteiger partial charge in [-0.15, -0.1) is 0 Å². The number of carbonyl (C=O) groups is 2. The molecule has 1 atom stereocenters. The molecule has 32 heavy (non-hydrogen) atoms. The van der Waals surface area contributed by atoms with Crippen molar-refractivity contribution in [3.8, 4) is 0 Å². The first-order chi connectivity index (χ1) is 15.4. The molecule has 4 nitrogen and oxygen atoms in total. The molecule has 0 saturated heterocycles. The molecule has 0 aliphatic heterocycles. The van der Waals surface area contributed by atoms with Crippen molar-refractivity contribution < 1.29 is 9.59 Å². The number of amides is 2. The molecule has 3 aromatic carbocycles. The second-order valence-electron chi connectivity index (χ2n) is 8.52. The molecule has 0 spiro atoms. The second-order valence-corrected chi connectivity index (χ2v) is 8.52. The summed E-state index contributed by atoms with van der Waals surface area (Å²) in [6.45, 7) is 6.62. The van der Waals surface area contributed by atoms with Crippen LogP contribution < -0.4 is 5.32 Å². The van der Waals surface area contributed by atoms with E-state index < -0.39 is 6.04 Å². The van der Waals surface area contributed by atoms with E-state index in [-0.39, 0.29) is 17.7 Å². The lowest BCUT2D eigenvalue weighted by atomic mass is 10.0. The van der Waals surface area contributed by atoms with Gasteiger partial charge >= 0.3 is 0 Å². The Morgan fingerprint density at radius 2 is 1.34 bits per heavy atom. The number of nitrogens with one attached hydrogen (secondary N) is 1. The number of nitrogens with zero attached hydrogens (tertiary/aromatic N) is 1. The van der Waals surface area contributed by atoms with E-state index in [2.05, 4.69) is 5.32 Å². The minimum absolute atomic E-state index is 0.0275. The Morgan fingerprint density at radius 3 is 1.91 bits per heavy atom. The minimum Gasteiger partial charge on any atom is -0.350 e. The van der Waals surface area contributed by atoms with Gasteiger partial charge in [-0.3, -0.25) is 9.59 Å². The quantitative estimate of drug-likeness (QED) is 0.527. The summed E-state index contributed by atoms with van der Waals surface area (Å²) in [6, 6.07) is 27.2. The van der Waals surface area contributed by atoms with Crippen LogP contribution in [0.4, 0.5) is 0 Å². The van der Waals surface area contributed by atoms with Crippen LogP contribution in [0.15, 0.2) is 84.9 Å². The summed E-state index contributed by atoms with van der Waals surface area (Å²) in [5, 5.41) is 3.07. The van der Waals surface area contributed by atoms with Crippen LogP contribution in [0.5, 0.6) is 0 Å². The Bertz CT molecular complexity index is 999. The topological polar surface area (TPSA) is 49.4 Å². The molecule has 4 heteroatoms. The maximum Gasteiger partial charge on any atom is 0.243 e. The SMILES string of the molecule is Cc1ccc(CNC(=O)[C@@H](Cc2ccccc2)N(Cc2ccccc2)C(=O)C(C)C)cc1. The van der Waals surface area contributed by atoms with Crippen molar-refractivity contribution in [1.82, 2.24) is 10.2 Å². The van der Waals surface area contributed by atoms with E-state index in [0.29, 0.717) is 19.5 Å². The second kappa shape index (κ2) is 11.3. The summed E-state index contributed by atoms with van der Waals surface area (Å²) in [5.74, 6) is -0.374. The average molecular weight is 429 g/mol.